The molecule has 11 heavy (non-hydrogen) atoms. The van der Waals surface area contributed by atoms with Gasteiger partial charge in [-0.3, -0.25) is 0 Å². The van der Waals surface area contributed by atoms with Crippen LogP contribution in [0.25, 0.3) is 0 Å². The molecule has 0 aliphatic rings. The molecule has 0 aromatic heterocycles. The molecule has 0 radical (unpaired) electrons. The van der Waals surface area contributed by atoms with Crippen LogP contribution in [0.4, 0.5) is 0 Å². The highest BCUT2D eigenvalue weighted by molar-refractivity contribution is 14.1. The predicted molar refractivity (Wildman–Crippen MR) is 87.1 cm³/mol. The third kappa shape index (κ3) is 264. The van der Waals surface area contributed by atoms with E-state index in [4.69, 9.17) is 0 Å². The molecule has 0 amide bonds. The predicted octanol–water partition coefficient (Wildman–Crippen LogP) is 5.60. The fourth-order valence-corrected chi connectivity index (χ4v) is 0. The molecule has 0 saturated heterocycles. The fraction of sp³-hybridized carbons (Fsp3) is 1.00. The largest absolute Gasteiger partial charge is 0.0867 e. The van der Waals surface area contributed by atoms with Gasteiger partial charge >= 0.3 is 0 Å². The molecule has 0 nitrogen and oxygen atoms in total. The standard InChI is InChI=1S/3C2H5I.2CH4/c3*1-2-3;;/h3*2H2,1H3;2*1H4. The van der Waals surface area contributed by atoms with E-state index in [0.29, 0.717) is 0 Å². The van der Waals surface area contributed by atoms with E-state index in [9.17, 15) is 0 Å². The lowest BCUT2D eigenvalue weighted by molar-refractivity contribution is 1.58. The summed E-state index contributed by atoms with van der Waals surface area (Å²) in [6.45, 7) is 6.34. The third-order valence-corrected chi connectivity index (χ3v) is 0. The Kier molecular flexibility index (Phi) is 151. The Morgan fingerprint density at radius 2 is 0.636 bits per heavy atom. The smallest absolute Gasteiger partial charge is 0.00332 e. The molecule has 0 aliphatic carbocycles. The lowest BCUT2D eigenvalue weighted by Crippen LogP contribution is -1.33. The Morgan fingerprint density at radius 1 is 0.636 bits per heavy atom. The van der Waals surface area contributed by atoms with Crippen LogP contribution in [-0.4, -0.2) is 13.3 Å². The first-order valence-electron chi connectivity index (χ1n) is 2.92. The van der Waals surface area contributed by atoms with Gasteiger partial charge in [-0.1, -0.05) is 103 Å². The zero-order valence-corrected chi connectivity index (χ0v) is 12.7. The van der Waals surface area contributed by atoms with Crippen molar-refractivity contribution in [3.8, 4) is 0 Å². The number of alkyl halides is 3. The van der Waals surface area contributed by atoms with Gasteiger partial charge in [-0.25, -0.2) is 0 Å². The minimum atomic E-state index is 0. The molecule has 76 valence electrons. The first-order valence-corrected chi connectivity index (χ1v) is 7.50. The van der Waals surface area contributed by atoms with Crippen LogP contribution in [-0.2, 0) is 0 Å². The van der Waals surface area contributed by atoms with E-state index in [2.05, 4.69) is 88.5 Å². The van der Waals surface area contributed by atoms with E-state index in [1.165, 1.54) is 13.3 Å². The molecular weight excluding hydrogens is 477 g/mol. The molecule has 3 heteroatoms. The molecule has 0 N–H and O–H groups in total. The SMILES string of the molecule is C.C.CCI.CCI.CCI. The van der Waals surface area contributed by atoms with Gasteiger partial charge in [0.2, 0.25) is 0 Å². The second-order valence-electron chi connectivity index (χ2n) is 0.802. The maximum atomic E-state index is 2.29. The van der Waals surface area contributed by atoms with Gasteiger partial charge in [-0.05, 0) is 13.3 Å². The number of halogens is 3. The zero-order valence-electron chi connectivity index (χ0n) is 6.26. The average molecular weight is 500 g/mol. The highest BCUT2D eigenvalue weighted by Gasteiger charge is 1.38. The molecule has 0 aromatic rings. The lowest BCUT2D eigenvalue weighted by Gasteiger charge is -1.45. The minimum Gasteiger partial charge on any atom is -0.0867 e. The van der Waals surface area contributed by atoms with Crippen molar-refractivity contribution in [2.45, 2.75) is 35.6 Å². The number of hydrogen-bond acceptors (Lipinski definition) is 0. The quantitative estimate of drug-likeness (QED) is 0.301. The summed E-state index contributed by atoms with van der Waals surface area (Å²) in [5.41, 5.74) is 0. The van der Waals surface area contributed by atoms with Gasteiger partial charge in [0.05, 0.1) is 0 Å². The van der Waals surface area contributed by atoms with Crippen LogP contribution in [0, 0.1) is 0 Å². The van der Waals surface area contributed by atoms with Crippen LogP contribution in [0.3, 0.4) is 0 Å². The Morgan fingerprint density at radius 3 is 0.636 bits per heavy atom. The van der Waals surface area contributed by atoms with E-state index in [1.807, 2.05) is 0 Å². The van der Waals surface area contributed by atoms with Gasteiger partial charge in [0.15, 0.2) is 0 Å². The van der Waals surface area contributed by atoms with Crippen LogP contribution in [0.2, 0.25) is 0 Å². The number of rotatable bonds is 0. The summed E-state index contributed by atoms with van der Waals surface area (Å²) < 4.78 is 3.66. The molecule has 0 aromatic carbocycles. The normalized spacial score (nSPS) is 4.91. The molecule has 0 aliphatic heterocycles. The summed E-state index contributed by atoms with van der Waals surface area (Å²) in [7, 11) is 0. The van der Waals surface area contributed by atoms with Crippen LogP contribution < -0.4 is 0 Å². The maximum absolute atomic E-state index is 2.29. The van der Waals surface area contributed by atoms with Crippen molar-refractivity contribution in [1.82, 2.24) is 0 Å². The molecule has 0 spiro atoms. The summed E-state index contributed by atoms with van der Waals surface area (Å²) in [4.78, 5) is 0. The van der Waals surface area contributed by atoms with Crippen molar-refractivity contribution < 1.29 is 0 Å². The van der Waals surface area contributed by atoms with E-state index in [-0.39, 0.29) is 14.9 Å². The van der Waals surface area contributed by atoms with Gasteiger partial charge in [-0.2, -0.15) is 0 Å². The molecule has 0 rings (SSSR count). The molecule has 0 unspecified atom stereocenters. The Hall–Kier alpha value is 2.19. The van der Waals surface area contributed by atoms with Gasteiger partial charge in [0.25, 0.3) is 0 Å². The van der Waals surface area contributed by atoms with Crippen LogP contribution >= 0.6 is 67.8 Å². The maximum Gasteiger partial charge on any atom is -0.00332 e. The summed E-state index contributed by atoms with van der Waals surface area (Å²) in [6.07, 6.45) is 0. The van der Waals surface area contributed by atoms with Gasteiger partial charge < -0.3 is 0 Å². The number of hydrogen-bond donors (Lipinski definition) is 0. The molecule has 0 heterocycles. The van der Waals surface area contributed by atoms with Crippen LogP contribution in [0.5, 0.6) is 0 Å². The van der Waals surface area contributed by atoms with E-state index in [0.717, 1.165) is 0 Å². The summed E-state index contributed by atoms with van der Waals surface area (Å²) >= 11 is 6.86. The van der Waals surface area contributed by atoms with Crippen molar-refractivity contribution in [3.63, 3.8) is 0 Å². The van der Waals surface area contributed by atoms with E-state index >= 15 is 0 Å². The first-order chi connectivity index (χ1) is 4.24. The first kappa shape index (κ1) is 29.2. The van der Waals surface area contributed by atoms with Crippen molar-refractivity contribution in [2.24, 2.45) is 0 Å². The highest BCUT2D eigenvalue weighted by Crippen LogP contribution is 1.70. The van der Waals surface area contributed by atoms with Crippen LogP contribution in [0.15, 0.2) is 0 Å². The molecule has 0 bridgehead atoms. The lowest BCUT2D eigenvalue weighted by atomic mass is 11.0. The third-order valence-electron chi connectivity index (χ3n) is 0. The van der Waals surface area contributed by atoms with Gasteiger partial charge in [0, 0.05) is 0 Å². The second kappa shape index (κ2) is 56.7. The Labute approximate surface area is 115 Å². The van der Waals surface area contributed by atoms with Gasteiger partial charge in [0.1, 0.15) is 0 Å². The zero-order chi connectivity index (χ0) is 8.12. The minimum absolute atomic E-state index is 0. The summed E-state index contributed by atoms with van der Waals surface area (Å²) in [5.74, 6) is 0. The van der Waals surface area contributed by atoms with Crippen molar-refractivity contribution in [3.05, 3.63) is 0 Å². The van der Waals surface area contributed by atoms with E-state index in [1.54, 1.807) is 0 Å². The van der Waals surface area contributed by atoms with Crippen LogP contribution in [0.1, 0.15) is 35.6 Å². The Balaban J connectivity index is -0.0000000150. The Bertz CT molecular complexity index is 14.1. The topological polar surface area (TPSA) is 0 Å². The van der Waals surface area contributed by atoms with Gasteiger partial charge in [-0.15, -0.1) is 0 Å². The van der Waals surface area contributed by atoms with Crippen molar-refractivity contribution >= 4 is 67.8 Å². The summed E-state index contributed by atoms with van der Waals surface area (Å²) in [5, 5.41) is 0. The second-order valence-corrected chi connectivity index (χ2v) is 5.38. The molecule has 0 fully saturated rings. The average Bonchev–Trinajstić information content (AvgIpc) is 1.70. The highest BCUT2D eigenvalue weighted by atomic mass is 127. The molecule has 0 saturated carbocycles. The summed E-state index contributed by atoms with van der Waals surface area (Å²) in [6, 6.07) is 0. The molecule has 0 atom stereocenters. The van der Waals surface area contributed by atoms with Crippen molar-refractivity contribution in [2.75, 3.05) is 13.3 Å². The molecular formula is C8H23I3. The monoisotopic (exact) mass is 500 g/mol. The van der Waals surface area contributed by atoms with Crippen molar-refractivity contribution in [1.29, 1.82) is 0 Å². The fourth-order valence-electron chi connectivity index (χ4n) is 0. The van der Waals surface area contributed by atoms with E-state index < -0.39 is 0 Å².